The molecule has 0 aromatic carbocycles. The van der Waals surface area contributed by atoms with Gasteiger partial charge in [0, 0.05) is 0 Å². The second kappa shape index (κ2) is 1.91. The molecule has 1 atom stereocenters. The van der Waals surface area contributed by atoms with Crippen molar-refractivity contribution in [3.63, 3.8) is 0 Å². The van der Waals surface area contributed by atoms with Gasteiger partial charge < -0.3 is 9.72 Å². The lowest BCUT2D eigenvalue weighted by molar-refractivity contribution is -0.117. The predicted molar refractivity (Wildman–Crippen MR) is 32.2 cm³/mol. The third-order valence-corrected chi connectivity index (χ3v) is 1.55. The van der Waals surface area contributed by atoms with Crippen LogP contribution in [0.15, 0.2) is 6.33 Å². The Kier molecular flexibility index (Phi) is 1.07. The Hall–Kier alpha value is -1.16. The van der Waals surface area contributed by atoms with Gasteiger partial charge in [0.2, 0.25) is 0 Å². The van der Waals surface area contributed by atoms with E-state index in [0.29, 0.717) is 6.61 Å². The van der Waals surface area contributed by atoms with Crippen molar-refractivity contribution in [2.75, 3.05) is 0 Å². The van der Waals surface area contributed by atoms with Crippen LogP contribution >= 0.6 is 0 Å². The minimum Gasteiger partial charge on any atom is -0.358 e. The molecule has 0 amide bonds. The summed E-state index contributed by atoms with van der Waals surface area (Å²) < 4.78 is 5.05. The fourth-order valence-electron chi connectivity index (χ4n) is 1.05. The molecule has 2 rings (SSSR count). The van der Waals surface area contributed by atoms with Gasteiger partial charge in [-0.05, 0) is 0 Å². The van der Waals surface area contributed by atoms with E-state index in [2.05, 4.69) is 9.97 Å². The SMILES string of the molecule is O=CC1OCc2[nH]cnc21. The normalized spacial score (nSPS) is 22.6. The van der Waals surface area contributed by atoms with Crippen LogP contribution < -0.4 is 0 Å². The molecule has 1 aliphatic rings. The highest BCUT2D eigenvalue weighted by molar-refractivity contribution is 5.60. The molecule has 0 saturated heterocycles. The molecule has 4 nitrogen and oxygen atoms in total. The van der Waals surface area contributed by atoms with Gasteiger partial charge in [-0.15, -0.1) is 0 Å². The molecular weight excluding hydrogens is 132 g/mol. The Bertz CT molecular complexity index is 256. The third kappa shape index (κ3) is 0.593. The minimum absolute atomic E-state index is 0.443. The Morgan fingerprint density at radius 3 is 3.60 bits per heavy atom. The van der Waals surface area contributed by atoms with Crippen molar-refractivity contribution in [1.82, 2.24) is 9.97 Å². The van der Waals surface area contributed by atoms with E-state index in [1.807, 2.05) is 0 Å². The number of ether oxygens (including phenoxy) is 1. The average molecular weight is 138 g/mol. The van der Waals surface area contributed by atoms with Gasteiger partial charge >= 0.3 is 0 Å². The summed E-state index contributed by atoms with van der Waals surface area (Å²) in [5.41, 5.74) is 1.65. The first-order chi connectivity index (χ1) is 4.92. The number of imidazole rings is 1. The van der Waals surface area contributed by atoms with Crippen LogP contribution in [0.3, 0.4) is 0 Å². The highest BCUT2D eigenvalue weighted by Crippen LogP contribution is 2.24. The fourth-order valence-corrected chi connectivity index (χ4v) is 1.05. The van der Waals surface area contributed by atoms with Crippen LogP contribution in [0.25, 0.3) is 0 Å². The molecule has 1 aromatic heterocycles. The van der Waals surface area contributed by atoms with Crippen LogP contribution in [0.1, 0.15) is 17.5 Å². The van der Waals surface area contributed by atoms with E-state index in [-0.39, 0.29) is 0 Å². The fraction of sp³-hybridized carbons (Fsp3) is 0.333. The number of aromatic amines is 1. The molecule has 0 radical (unpaired) electrons. The maximum Gasteiger partial charge on any atom is 0.157 e. The van der Waals surface area contributed by atoms with Gasteiger partial charge in [0.15, 0.2) is 12.4 Å². The number of nitrogens with zero attached hydrogens (tertiary/aromatic N) is 1. The molecule has 0 aliphatic carbocycles. The molecule has 0 bridgehead atoms. The van der Waals surface area contributed by atoms with E-state index < -0.39 is 6.10 Å². The van der Waals surface area contributed by atoms with Crippen molar-refractivity contribution in [2.24, 2.45) is 0 Å². The highest BCUT2D eigenvalue weighted by Gasteiger charge is 2.24. The summed E-state index contributed by atoms with van der Waals surface area (Å²) in [5.74, 6) is 0. The Balaban J connectivity index is 2.43. The summed E-state index contributed by atoms with van der Waals surface area (Å²) in [4.78, 5) is 17.1. The first-order valence-corrected chi connectivity index (χ1v) is 3.01. The van der Waals surface area contributed by atoms with Crippen molar-refractivity contribution >= 4 is 6.29 Å². The minimum atomic E-state index is -0.443. The number of nitrogens with one attached hydrogen (secondary N) is 1. The molecule has 0 spiro atoms. The Morgan fingerprint density at radius 2 is 2.80 bits per heavy atom. The van der Waals surface area contributed by atoms with Crippen LogP contribution in [-0.4, -0.2) is 16.3 Å². The summed E-state index contributed by atoms with van der Waals surface area (Å²) in [6.45, 7) is 0.471. The number of hydrogen-bond acceptors (Lipinski definition) is 3. The lowest BCUT2D eigenvalue weighted by Crippen LogP contribution is -1.96. The van der Waals surface area contributed by atoms with Gasteiger partial charge in [-0.2, -0.15) is 0 Å². The number of hydrogen-bond donors (Lipinski definition) is 1. The van der Waals surface area contributed by atoms with Crippen molar-refractivity contribution in [1.29, 1.82) is 0 Å². The predicted octanol–water partition coefficient (Wildman–Crippen LogP) is 0.180. The van der Waals surface area contributed by atoms with Gasteiger partial charge in [-0.1, -0.05) is 0 Å². The summed E-state index contributed by atoms with van der Waals surface area (Å²) in [6, 6.07) is 0. The molecule has 1 aromatic rings. The van der Waals surface area contributed by atoms with Gasteiger partial charge in [0.25, 0.3) is 0 Å². The van der Waals surface area contributed by atoms with Gasteiger partial charge in [0.1, 0.15) is 0 Å². The van der Waals surface area contributed by atoms with E-state index in [4.69, 9.17) is 4.74 Å². The van der Waals surface area contributed by atoms with E-state index in [1.165, 1.54) is 0 Å². The zero-order chi connectivity index (χ0) is 6.97. The largest absolute Gasteiger partial charge is 0.358 e. The van der Waals surface area contributed by atoms with Crippen molar-refractivity contribution in [3.05, 3.63) is 17.7 Å². The highest BCUT2D eigenvalue weighted by atomic mass is 16.5. The van der Waals surface area contributed by atoms with Crippen LogP contribution in [0, 0.1) is 0 Å². The molecule has 4 heteroatoms. The molecule has 1 aliphatic heterocycles. The number of H-pyrrole nitrogens is 1. The Morgan fingerprint density at radius 1 is 1.90 bits per heavy atom. The quantitative estimate of drug-likeness (QED) is 0.563. The molecule has 1 N–H and O–H groups in total. The molecule has 0 saturated carbocycles. The first-order valence-electron chi connectivity index (χ1n) is 3.01. The maximum absolute atomic E-state index is 10.3. The smallest absolute Gasteiger partial charge is 0.157 e. The van der Waals surface area contributed by atoms with Crippen molar-refractivity contribution < 1.29 is 9.53 Å². The molecule has 2 heterocycles. The molecule has 1 unspecified atom stereocenters. The Labute approximate surface area is 57.2 Å². The van der Waals surface area contributed by atoms with Crippen LogP contribution in [0.4, 0.5) is 0 Å². The topological polar surface area (TPSA) is 55.0 Å². The van der Waals surface area contributed by atoms with Gasteiger partial charge in [-0.3, -0.25) is 4.79 Å². The zero-order valence-corrected chi connectivity index (χ0v) is 5.20. The molecule has 0 fully saturated rings. The van der Waals surface area contributed by atoms with Crippen molar-refractivity contribution in [2.45, 2.75) is 12.7 Å². The van der Waals surface area contributed by atoms with E-state index >= 15 is 0 Å². The van der Waals surface area contributed by atoms with Crippen LogP contribution in [-0.2, 0) is 16.1 Å². The van der Waals surface area contributed by atoms with Crippen LogP contribution in [0.5, 0.6) is 0 Å². The monoisotopic (exact) mass is 138 g/mol. The number of carbonyl (C=O) groups excluding carboxylic acids is 1. The lowest BCUT2D eigenvalue weighted by Gasteiger charge is -1.95. The molecule has 52 valence electrons. The number of fused-ring (bicyclic) bond motifs is 1. The van der Waals surface area contributed by atoms with Gasteiger partial charge in [0.05, 0.1) is 24.3 Å². The van der Waals surface area contributed by atoms with Gasteiger partial charge in [-0.25, -0.2) is 4.98 Å². The summed E-state index contributed by atoms with van der Waals surface area (Å²) in [7, 11) is 0. The van der Waals surface area contributed by atoms with Crippen molar-refractivity contribution in [3.8, 4) is 0 Å². The maximum atomic E-state index is 10.3. The van der Waals surface area contributed by atoms with E-state index in [9.17, 15) is 4.79 Å². The molecular formula is C6H6N2O2. The average Bonchev–Trinajstić information content (AvgIpc) is 2.44. The summed E-state index contributed by atoms with van der Waals surface area (Å²) in [5, 5.41) is 0. The van der Waals surface area contributed by atoms with E-state index in [1.54, 1.807) is 6.33 Å². The number of rotatable bonds is 1. The number of aromatic nitrogens is 2. The summed E-state index contributed by atoms with van der Waals surface area (Å²) >= 11 is 0. The first kappa shape index (κ1) is 5.61. The second-order valence-electron chi connectivity index (χ2n) is 2.13. The van der Waals surface area contributed by atoms with E-state index in [0.717, 1.165) is 17.7 Å². The number of aldehydes is 1. The lowest BCUT2D eigenvalue weighted by atomic mass is 10.3. The number of carbonyl (C=O) groups is 1. The third-order valence-electron chi connectivity index (χ3n) is 1.55. The second-order valence-corrected chi connectivity index (χ2v) is 2.13. The summed E-state index contributed by atoms with van der Waals surface area (Å²) in [6.07, 6.45) is 1.89. The standard InChI is InChI=1S/C6H6N2O2/c9-1-5-6-4(2-10-5)7-3-8-6/h1,3,5H,2H2,(H,7,8). The van der Waals surface area contributed by atoms with Crippen LogP contribution in [0.2, 0.25) is 0 Å². The zero-order valence-electron chi connectivity index (χ0n) is 5.20. The molecule has 10 heavy (non-hydrogen) atoms.